The number of pyridine rings is 1. The topological polar surface area (TPSA) is 42.1 Å². The lowest BCUT2D eigenvalue weighted by atomic mass is 10.1. The lowest BCUT2D eigenvalue weighted by Crippen LogP contribution is -2.01. The highest BCUT2D eigenvalue weighted by atomic mass is 35.5. The Hall–Kier alpha value is -1.74. The van der Waals surface area contributed by atoms with Crippen molar-refractivity contribution in [3.63, 3.8) is 0 Å². The minimum atomic E-state index is -0.120. The Bertz CT molecular complexity index is 557. The van der Waals surface area contributed by atoms with Crippen molar-refractivity contribution in [2.45, 2.75) is 6.92 Å². The molecule has 88 valence electrons. The molecule has 0 saturated carbocycles. The second-order valence-corrected chi connectivity index (χ2v) is 3.93. The number of hydrogen-bond donors (Lipinski definition) is 1. The van der Waals surface area contributed by atoms with Gasteiger partial charge in [-0.15, -0.1) is 0 Å². The van der Waals surface area contributed by atoms with Gasteiger partial charge < -0.3 is 9.72 Å². The van der Waals surface area contributed by atoms with Crippen LogP contribution in [0.4, 0.5) is 0 Å². The zero-order valence-electron chi connectivity index (χ0n) is 9.37. The Balaban J connectivity index is 2.37. The van der Waals surface area contributed by atoms with Crippen molar-refractivity contribution in [1.82, 2.24) is 4.98 Å². The molecule has 0 spiro atoms. The molecule has 0 aliphatic carbocycles. The van der Waals surface area contributed by atoms with Gasteiger partial charge >= 0.3 is 0 Å². The lowest BCUT2D eigenvalue weighted by molar-refractivity contribution is 0.340. The third-order valence-corrected chi connectivity index (χ3v) is 2.64. The fraction of sp³-hybridized carbons (Fsp3) is 0.154. The maximum absolute atomic E-state index is 11.0. The number of H-pyrrole nitrogens is 1. The number of halogens is 1. The number of aromatic amines is 1. The minimum Gasteiger partial charge on any atom is -0.492 e. The third-order valence-electron chi connectivity index (χ3n) is 2.35. The van der Waals surface area contributed by atoms with Gasteiger partial charge in [0, 0.05) is 12.3 Å². The van der Waals surface area contributed by atoms with E-state index in [4.69, 9.17) is 16.3 Å². The SMILES string of the molecule is CCOc1ccc(-c2ccc(=O)[nH]c2)cc1Cl. The van der Waals surface area contributed by atoms with Gasteiger partial charge in [0.1, 0.15) is 5.75 Å². The summed E-state index contributed by atoms with van der Waals surface area (Å²) in [4.78, 5) is 13.6. The van der Waals surface area contributed by atoms with Crippen molar-refractivity contribution >= 4 is 11.6 Å². The van der Waals surface area contributed by atoms with E-state index in [9.17, 15) is 4.79 Å². The van der Waals surface area contributed by atoms with Crippen LogP contribution in [0.15, 0.2) is 41.3 Å². The van der Waals surface area contributed by atoms with Crippen molar-refractivity contribution < 1.29 is 4.74 Å². The predicted molar refractivity (Wildman–Crippen MR) is 68.7 cm³/mol. The first-order valence-electron chi connectivity index (χ1n) is 5.32. The Morgan fingerprint density at radius 1 is 1.24 bits per heavy atom. The van der Waals surface area contributed by atoms with Gasteiger partial charge in [0.2, 0.25) is 5.56 Å². The molecule has 0 fully saturated rings. The third kappa shape index (κ3) is 2.68. The van der Waals surface area contributed by atoms with Crippen molar-refractivity contribution in [1.29, 1.82) is 0 Å². The number of hydrogen-bond acceptors (Lipinski definition) is 2. The normalized spacial score (nSPS) is 10.2. The van der Waals surface area contributed by atoms with Crippen LogP contribution < -0.4 is 10.3 Å². The molecule has 4 heteroatoms. The van der Waals surface area contributed by atoms with Gasteiger partial charge in [-0.25, -0.2) is 0 Å². The van der Waals surface area contributed by atoms with Gasteiger partial charge in [0.15, 0.2) is 0 Å². The van der Waals surface area contributed by atoms with E-state index in [2.05, 4.69) is 4.98 Å². The summed E-state index contributed by atoms with van der Waals surface area (Å²) in [5.41, 5.74) is 1.73. The molecule has 0 amide bonds. The van der Waals surface area contributed by atoms with Gasteiger partial charge in [-0.1, -0.05) is 17.7 Å². The highest BCUT2D eigenvalue weighted by Crippen LogP contribution is 2.29. The molecule has 1 N–H and O–H groups in total. The maximum Gasteiger partial charge on any atom is 0.247 e. The predicted octanol–water partition coefficient (Wildman–Crippen LogP) is 3.09. The van der Waals surface area contributed by atoms with Crippen LogP contribution in [0.1, 0.15) is 6.92 Å². The van der Waals surface area contributed by atoms with Crippen molar-refractivity contribution in [3.8, 4) is 16.9 Å². The van der Waals surface area contributed by atoms with E-state index in [1.807, 2.05) is 25.1 Å². The summed E-state index contributed by atoms with van der Waals surface area (Å²) < 4.78 is 5.36. The molecular weight excluding hydrogens is 238 g/mol. The summed E-state index contributed by atoms with van der Waals surface area (Å²) in [5, 5.41) is 0.565. The summed E-state index contributed by atoms with van der Waals surface area (Å²) >= 11 is 6.09. The van der Waals surface area contributed by atoms with Crippen LogP contribution in [-0.2, 0) is 0 Å². The van der Waals surface area contributed by atoms with Crippen molar-refractivity contribution in [2.75, 3.05) is 6.61 Å². The summed E-state index contributed by atoms with van der Waals surface area (Å²) in [6.07, 6.45) is 1.66. The maximum atomic E-state index is 11.0. The number of ether oxygens (including phenoxy) is 1. The molecule has 17 heavy (non-hydrogen) atoms. The molecule has 3 nitrogen and oxygen atoms in total. The molecule has 0 aliphatic heterocycles. The summed E-state index contributed by atoms with van der Waals surface area (Å²) in [6.45, 7) is 2.49. The molecular formula is C13H12ClNO2. The summed E-state index contributed by atoms with van der Waals surface area (Å²) in [5.74, 6) is 0.669. The molecule has 1 aromatic heterocycles. The van der Waals surface area contributed by atoms with Crippen LogP contribution in [0.3, 0.4) is 0 Å². The van der Waals surface area contributed by atoms with E-state index in [-0.39, 0.29) is 5.56 Å². The highest BCUT2D eigenvalue weighted by Gasteiger charge is 2.04. The van der Waals surface area contributed by atoms with Gasteiger partial charge in [-0.2, -0.15) is 0 Å². The smallest absolute Gasteiger partial charge is 0.247 e. The molecule has 0 aliphatic rings. The Labute approximate surface area is 104 Å². The molecule has 2 rings (SSSR count). The molecule has 0 radical (unpaired) electrons. The Kier molecular flexibility index (Phi) is 3.49. The minimum absolute atomic E-state index is 0.120. The average molecular weight is 250 g/mol. The lowest BCUT2D eigenvalue weighted by Gasteiger charge is -2.07. The first-order valence-corrected chi connectivity index (χ1v) is 5.70. The van der Waals surface area contributed by atoms with Crippen LogP contribution in [-0.4, -0.2) is 11.6 Å². The van der Waals surface area contributed by atoms with E-state index in [0.29, 0.717) is 17.4 Å². The van der Waals surface area contributed by atoms with Crippen molar-refractivity contribution in [3.05, 3.63) is 51.9 Å². The zero-order chi connectivity index (χ0) is 12.3. The van der Waals surface area contributed by atoms with Crippen LogP contribution in [0.5, 0.6) is 5.75 Å². The Morgan fingerprint density at radius 2 is 2.00 bits per heavy atom. The quantitative estimate of drug-likeness (QED) is 0.908. The monoisotopic (exact) mass is 249 g/mol. The van der Waals surface area contributed by atoms with E-state index < -0.39 is 0 Å². The highest BCUT2D eigenvalue weighted by molar-refractivity contribution is 6.32. The largest absolute Gasteiger partial charge is 0.492 e. The fourth-order valence-electron chi connectivity index (χ4n) is 1.54. The van der Waals surface area contributed by atoms with Crippen LogP contribution in [0.25, 0.3) is 11.1 Å². The summed E-state index contributed by atoms with van der Waals surface area (Å²) in [7, 11) is 0. The zero-order valence-corrected chi connectivity index (χ0v) is 10.1. The van der Waals surface area contributed by atoms with E-state index >= 15 is 0 Å². The number of aromatic nitrogens is 1. The van der Waals surface area contributed by atoms with Crippen LogP contribution in [0, 0.1) is 0 Å². The Morgan fingerprint density at radius 3 is 2.59 bits per heavy atom. The number of rotatable bonds is 3. The van der Waals surface area contributed by atoms with Gasteiger partial charge in [-0.3, -0.25) is 4.79 Å². The number of nitrogens with one attached hydrogen (secondary N) is 1. The molecule has 1 aromatic carbocycles. The first kappa shape index (κ1) is 11.7. The van der Waals surface area contributed by atoms with Crippen LogP contribution >= 0.6 is 11.6 Å². The molecule has 1 heterocycles. The second kappa shape index (κ2) is 5.06. The van der Waals surface area contributed by atoms with Gasteiger partial charge in [0.05, 0.1) is 11.6 Å². The molecule has 0 bridgehead atoms. The van der Waals surface area contributed by atoms with Crippen molar-refractivity contribution in [2.24, 2.45) is 0 Å². The summed E-state index contributed by atoms with van der Waals surface area (Å²) in [6, 6.07) is 8.79. The fourth-order valence-corrected chi connectivity index (χ4v) is 1.78. The van der Waals surface area contributed by atoms with E-state index in [1.165, 1.54) is 6.07 Å². The molecule has 0 atom stereocenters. The molecule has 2 aromatic rings. The molecule has 0 unspecified atom stereocenters. The second-order valence-electron chi connectivity index (χ2n) is 3.52. The first-order chi connectivity index (χ1) is 8.20. The standard InChI is InChI=1S/C13H12ClNO2/c1-2-17-12-5-3-9(7-11(12)14)10-4-6-13(16)15-8-10/h3-8H,2H2,1H3,(H,15,16). The van der Waals surface area contributed by atoms with E-state index in [0.717, 1.165) is 11.1 Å². The average Bonchev–Trinajstić information content (AvgIpc) is 2.33. The van der Waals surface area contributed by atoms with Gasteiger partial charge in [0.25, 0.3) is 0 Å². The van der Waals surface area contributed by atoms with E-state index in [1.54, 1.807) is 12.3 Å². The van der Waals surface area contributed by atoms with Crippen LogP contribution in [0.2, 0.25) is 5.02 Å². The van der Waals surface area contributed by atoms with Gasteiger partial charge in [-0.05, 0) is 36.2 Å². The number of benzene rings is 1. The molecule has 0 saturated heterocycles.